The molecule has 1 N–H and O–H groups in total. The van der Waals surface area contributed by atoms with Crippen LogP contribution in [0.15, 0.2) is 71.6 Å². The molecule has 41 heavy (non-hydrogen) atoms. The van der Waals surface area contributed by atoms with Gasteiger partial charge in [-0.2, -0.15) is 13.2 Å². The number of carbonyl (C=O) groups excluding carboxylic acids is 2. The number of nitrogens with one attached hydrogen (secondary N) is 1. The molecule has 0 saturated carbocycles. The molecule has 0 fully saturated rings. The predicted octanol–water partition coefficient (Wildman–Crippen LogP) is 6.07. The molecule has 2 amide bonds. The number of amides is 2. The number of anilines is 1. The second-order valence-corrected chi connectivity index (χ2v) is 11.8. The minimum absolute atomic E-state index is 0.155. The summed E-state index contributed by atoms with van der Waals surface area (Å²) in [5.74, 6) is -1.34. The second-order valence-electron chi connectivity index (χ2n) is 9.14. The van der Waals surface area contributed by atoms with E-state index in [4.69, 9.17) is 23.2 Å². The van der Waals surface area contributed by atoms with E-state index in [1.807, 2.05) is 0 Å². The number of alkyl halides is 3. The fourth-order valence-corrected chi connectivity index (χ4v) is 5.97. The van der Waals surface area contributed by atoms with Crippen LogP contribution in [0.3, 0.4) is 0 Å². The fraction of sp³-hybridized carbons (Fsp3) is 0.286. The summed E-state index contributed by atoms with van der Waals surface area (Å²) in [6.07, 6.45) is -4.72. The average Bonchev–Trinajstić information content (AvgIpc) is 2.92. The summed E-state index contributed by atoms with van der Waals surface area (Å²) in [4.78, 5) is 27.6. The minimum atomic E-state index is -4.89. The van der Waals surface area contributed by atoms with Crippen LogP contribution in [-0.2, 0) is 32.3 Å². The van der Waals surface area contributed by atoms with Crippen molar-refractivity contribution in [2.24, 2.45) is 0 Å². The predicted molar refractivity (Wildman–Crippen MR) is 152 cm³/mol. The van der Waals surface area contributed by atoms with Crippen LogP contribution in [0.25, 0.3) is 0 Å². The maximum atomic E-state index is 13.9. The molecule has 0 radical (unpaired) electrons. The van der Waals surface area contributed by atoms with Crippen molar-refractivity contribution in [1.82, 2.24) is 10.2 Å². The molecule has 0 aliphatic carbocycles. The number of halogens is 5. The Morgan fingerprint density at radius 1 is 0.976 bits per heavy atom. The number of aryl methyl sites for hydroxylation is 1. The molecule has 0 aliphatic rings. The first-order valence-corrected chi connectivity index (χ1v) is 14.6. The molecule has 0 heterocycles. The first kappa shape index (κ1) is 32.2. The minimum Gasteiger partial charge on any atom is -0.357 e. The van der Waals surface area contributed by atoms with Crippen LogP contribution < -0.4 is 9.62 Å². The Labute approximate surface area is 246 Å². The topological polar surface area (TPSA) is 86.8 Å². The van der Waals surface area contributed by atoms with Crippen LogP contribution >= 0.6 is 23.2 Å². The van der Waals surface area contributed by atoms with Crippen molar-refractivity contribution in [3.05, 3.63) is 93.5 Å². The Morgan fingerprint density at radius 3 is 2.17 bits per heavy atom. The van der Waals surface area contributed by atoms with Gasteiger partial charge in [0.15, 0.2) is 0 Å². The molecule has 13 heteroatoms. The van der Waals surface area contributed by atoms with Gasteiger partial charge >= 0.3 is 6.18 Å². The maximum absolute atomic E-state index is 13.9. The Kier molecular flexibility index (Phi) is 10.3. The highest BCUT2D eigenvalue weighted by molar-refractivity contribution is 7.92. The number of carbonyl (C=O) groups is 2. The third-order valence-corrected chi connectivity index (χ3v) is 8.85. The van der Waals surface area contributed by atoms with Crippen LogP contribution in [0.4, 0.5) is 18.9 Å². The number of nitrogens with zero attached hydrogens (tertiary/aromatic N) is 2. The number of benzene rings is 3. The van der Waals surface area contributed by atoms with E-state index in [1.54, 1.807) is 38.1 Å². The van der Waals surface area contributed by atoms with Gasteiger partial charge in [0.1, 0.15) is 12.6 Å². The van der Waals surface area contributed by atoms with Crippen LogP contribution in [0.5, 0.6) is 0 Å². The van der Waals surface area contributed by atoms with Crippen molar-refractivity contribution in [3.8, 4) is 0 Å². The van der Waals surface area contributed by atoms with Crippen molar-refractivity contribution in [3.63, 3.8) is 0 Å². The van der Waals surface area contributed by atoms with E-state index in [0.29, 0.717) is 21.0 Å². The zero-order valence-electron chi connectivity index (χ0n) is 22.4. The van der Waals surface area contributed by atoms with Gasteiger partial charge in [0.2, 0.25) is 11.8 Å². The van der Waals surface area contributed by atoms with Gasteiger partial charge in [-0.1, -0.05) is 66.0 Å². The number of likely N-dealkylation sites (N-methyl/N-ethyl adjacent to an activating group) is 1. The molecule has 220 valence electrons. The van der Waals surface area contributed by atoms with Gasteiger partial charge in [0.05, 0.1) is 21.2 Å². The number of sulfonamides is 1. The highest BCUT2D eigenvalue weighted by Gasteiger charge is 2.37. The summed E-state index contributed by atoms with van der Waals surface area (Å²) in [7, 11) is -3.17. The molecular formula is C28H28Cl2F3N3O4S. The number of rotatable bonds is 10. The van der Waals surface area contributed by atoms with Gasteiger partial charge in [0.25, 0.3) is 10.0 Å². The highest BCUT2D eigenvalue weighted by atomic mass is 35.5. The Bertz CT molecular complexity index is 1520. The molecule has 3 aromatic rings. The fourth-order valence-electron chi connectivity index (χ4n) is 4.15. The summed E-state index contributed by atoms with van der Waals surface area (Å²) in [5.41, 5.74) is -0.456. The van der Waals surface area contributed by atoms with E-state index in [-0.39, 0.29) is 17.9 Å². The average molecular weight is 631 g/mol. The molecule has 0 bridgehead atoms. The Morgan fingerprint density at radius 2 is 1.61 bits per heavy atom. The van der Waals surface area contributed by atoms with Gasteiger partial charge in [0, 0.05) is 18.6 Å². The Balaban J connectivity index is 2.16. The molecule has 0 saturated heterocycles. The lowest BCUT2D eigenvalue weighted by Crippen LogP contribution is -2.51. The van der Waals surface area contributed by atoms with Gasteiger partial charge in [-0.05, 0) is 55.3 Å². The summed E-state index contributed by atoms with van der Waals surface area (Å²) in [5, 5.41) is 2.17. The molecule has 7 nitrogen and oxygen atoms in total. The number of hydrogen-bond donors (Lipinski definition) is 1. The quantitative estimate of drug-likeness (QED) is 0.295. The standard InChI is InChI=1S/C28H28Cl2F3N3O4S/c1-4-25(27(38)34-3)35(16-19-7-5-6-8-23(19)29)26(37)17-36(41(39,40)21-12-9-18(2)10-13-21)20-11-14-24(30)22(15-20)28(31,32)33/h5-15,25H,4,16-17H2,1-3H3,(H,34,38). The summed E-state index contributed by atoms with van der Waals surface area (Å²) in [6, 6.07) is 13.8. The molecule has 3 rings (SSSR count). The van der Waals surface area contributed by atoms with Crippen molar-refractivity contribution in [2.75, 3.05) is 17.9 Å². The van der Waals surface area contributed by atoms with E-state index in [0.717, 1.165) is 22.6 Å². The zero-order chi connectivity index (χ0) is 30.5. The maximum Gasteiger partial charge on any atom is 0.417 e. The molecular weight excluding hydrogens is 602 g/mol. The molecule has 1 unspecified atom stereocenters. The van der Waals surface area contributed by atoms with Crippen molar-refractivity contribution >= 4 is 50.7 Å². The van der Waals surface area contributed by atoms with E-state index in [1.165, 1.54) is 31.3 Å². The van der Waals surface area contributed by atoms with Gasteiger partial charge < -0.3 is 10.2 Å². The third kappa shape index (κ3) is 7.52. The smallest absolute Gasteiger partial charge is 0.357 e. The zero-order valence-corrected chi connectivity index (χ0v) is 24.7. The highest BCUT2D eigenvalue weighted by Crippen LogP contribution is 2.38. The summed E-state index contributed by atoms with van der Waals surface area (Å²) >= 11 is 12.1. The van der Waals surface area contributed by atoms with Crippen molar-refractivity contribution in [1.29, 1.82) is 0 Å². The van der Waals surface area contributed by atoms with E-state index in [9.17, 15) is 31.2 Å². The summed E-state index contributed by atoms with van der Waals surface area (Å²) in [6.45, 7) is 2.34. The van der Waals surface area contributed by atoms with Crippen molar-refractivity contribution < 1.29 is 31.2 Å². The van der Waals surface area contributed by atoms with Gasteiger partial charge in [-0.3, -0.25) is 13.9 Å². The molecule has 0 aromatic heterocycles. The van der Waals surface area contributed by atoms with Crippen LogP contribution in [0.1, 0.15) is 30.0 Å². The SMILES string of the molecule is CCC(C(=O)NC)N(Cc1ccccc1Cl)C(=O)CN(c1ccc(Cl)c(C(F)(F)F)c1)S(=O)(=O)c1ccc(C)cc1. The second kappa shape index (κ2) is 13.1. The largest absolute Gasteiger partial charge is 0.417 e. The first-order valence-electron chi connectivity index (χ1n) is 12.4. The normalized spacial score (nSPS) is 12.5. The molecule has 0 spiro atoms. The van der Waals surface area contributed by atoms with E-state index < -0.39 is 56.9 Å². The molecule has 1 atom stereocenters. The van der Waals surface area contributed by atoms with Crippen LogP contribution in [-0.4, -0.2) is 44.8 Å². The Hall–Kier alpha value is -3.28. The third-order valence-electron chi connectivity index (χ3n) is 6.36. The lowest BCUT2D eigenvalue weighted by molar-refractivity contribution is -0.140. The van der Waals surface area contributed by atoms with Gasteiger partial charge in [-0.25, -0.2) is 8.42 Å². The van der Waals surface area contributed by atoms with Gasteiger partial charge in [-0.15, -0.1) is 0 Å². The van der Waals surface area contributed by atoms with Crippen molar-refractivity contribution in [2.45, 2.75) is 43.9 Å². The lowest BCUT2D eigenvalue weighted by Gasteiger charge is -2.33. The van der Waals surface area contributed by atoms with Crippen LogP contribution in [0, 0.1) is 6.92 Å². The first-order chi connectivity index (χ1) is 19.2. The monoisotopic (exact) mass is 629 g/mol. The summed E-state index contributed by atoms with van der Waals surface area (Å²) < 4.78 is 69.4. The molecule has 3 aromatic carbocycles. The molecule has 0 aliphatic heterocycles. The van der Waals surface area contributed by atoms with E-state index in [2.05, 4.69) is 5.32 Å². The van der Waals surface area contributed by atoms with Crippen LogP contribution in [0.2, 0.25) is 10.0 Å². The van der Waals surface area contributed by atoms with E-state index >= 15 is 0 Å². The lowest BCUT2D eigenvalue weighted by atomic mass is 10.1. The number of hydrogen-bond acceptors (Lipinski definition) is 4.